The molecule has 4 heteroatoms. The van der Waals surface area contributed by atoms with E-state index in [0.717, 1.165) is 55.1 Å². The Balaban J connectivity index is 1.54. The molecule has 0 saturated heterocycles. The summed E-state index contributed by atoms with van der Waals surface area (Å²) in [7, 11) is 1.75. The van der Waals surface area contributed by atoms with Gasteiger partial charge in [0.1, 0.15) is 0 Å². The van der Waals surface area contributed by atoms with Crippen molar-refractivity contribution in [1.29, 1.82) is 0 Å². The second-order valence-corrected chi connectivity index (χ2v) is 7.05. The molecule has 4 rings (SSSR count). The molecule has 2 heterocycles. The molecule has 4 aromatic rings. The van der Waals surface area contributed by atoms with Crippen molar-refractivity contribution < 1.29 is 4.74 Å². The third kappa shape index (κ3) is 4.53. The van der Waals surface area contributed by atoms with Gasteiger partial charge in [-0.05, 0) is 30.7 Å². The van der Waals surface area contributed by atoms with Crippen LogP contribution >= 0.6 is 0 Å². The summed E-state index contributed by atoms with van der Waals surface area (Å²) in [6.45, 7) is 3.29. The van der Waals surface area contributed by atoms with Crippen LogP contribution in [-0.2, 0) is 17.8 Å². The summed E-state index contributed by atoms with van der Waals surface area (Å²) in [5.74, 6) is 0. The summed E-state index contributed by atoms with van der Waals surface area (Å²) >= 11 is 0. The zero-order valence-electron chi connectivity index (χ0n) is 16.2. The second kappa shape index (κ2) is 8.91. The van der Waals surface area contributed by atoms with Crippen LogP contribution in [-0.4, -0.2) is 35.1 Å². The van der Waals surface area contributed by atoms with E-state index in [2.05, 4.69) is 53.4 Å². The standard InChI is InChI=1S/C24H25N3O/c1-28-16-6-15-27(17-21-13-11-19-7-2-4-9-23(19)25-21)18-22-14-12-20-8-3-5-10-24(20)26-22/h2-5,7-14H,6,15-18H2,1H3. The number of ether oxygens (including phenoxy) is 1. The lowest BCUT2D eigenvalue weighted by atomic mass is 10.2. The molecule has 0 atom stereocenters. The van der Waals surface area contributed by atoms with Crippen LogP contribution < -0.4 is 0 Å². The van der Waals surface area contributed by atoms with Crippen LogP contribution in [0, 0.1) is 0 Å². The first-order valence-corrected chi connectivity index (χ1v) is 9.72. The Morgan fingerprint density at radius 2 is 1.25 bits per heavy atom. The quantitative estimate of drug-likeness (QED) is 0.416. The number of benzene rings is 2. The maximum atomic E-state index is 5.25. The molecule has 4 nitrogen and oxygen atoms in total. The van der Waals surface area contributed by atoms with Gasteiger partial charge in [0.15, 0.2) is 0 Å². The molecular formula is C24H25N3O. The predicted molar refractivity (Wildman–Crippen MR) is 114 cm³/mol. The first-order chi connectivity index (χ1) is 13.8. The van der Waals surface area contributed by atoms with Gasteiger partial charge in [-0.25, -0.2) is 0 Å². The topological polar surface area (TPSA) is 38.2 Å². The van der Waals surface area contributed by atoms with Crippen molar-refractivity contribution in [3.05, 3.63) is 84.2 Å². The molecule has 0 N–H and O–H groups in total. The van der Waals surface area contributed by atoms with Gasteiger partial charge < -0.3 is 4.74 Å². The minimum absolute atomic E-state index is 0.757. The lowest BCUT2D eigenvalue weighted by molar-refractivity contribution is 0.165. The summed E-state index contributed by atoms with van der Waals surface area (Å²) in [6.07, 6.45) is 0.984. The summed E-state index contributed by atoms with van der Waals surface area (Å²) < 4.78 is 5.25. The maximum absolute atomic E-state index is 5.25. The molecule has 0 bridgehead atoms. The molecule has 142 valence electrons. The molecule has 0 aliphatic heterocycles. The molecule has 2 aromatic heterocycles. The Morgan fingerprint density at radius 1 is 0.714 bits per heavy atom. The Hall–Kier alpha value is -2.82. The SMILES string of the molecule is COCCCN(Cc1ccc2ccccc2n1)Cc1ccc2ccccc2n1. The van der Waals surface area contributed by atoms with Gasteiger partial charge in [-0.3, -0.25) is 14.9 Å². The fraction of sp³-hybridized carbons (Fsp3) is 0.250. The highest BCUT2D eigenvalue weighted by Gasteiger charge is 2.10. The number of para-hydroxylation sites is 2. The van der Waals surface area contributed by atoms with Crippen molar-refractivity contribution in [3.63, 3.8) is 0 Å². The first kappa shape index (κ1) is 18.5. The molecule has 0 amide bonds. The van der Waals surface area contributed by atoms with E-state index in [9.17, 15) is 0 Å². The van der Waals surface area contributed by atoms with E-state index in [1.165, 1.54) is 10.8 Å². The Labute approximate surface area is 165 Å². The van der Waals surface area contributed by atoms with Gasteiger partial charge in [-0.1, -0.05) is 48.5 Å². The van der Waals surface area contributed by atoms with Gasteiger partial charge in [0.05, 0.1) is 22.4 Å². The van der Waals surface area contributed by atoms with Crippen LogP contribution in [0.2, 0.25) is 0 Å². The van der Waals surface area contributed by atoms with E-state index >= 15 is 0 Å². The summed E-state index contributed by atoms with van der Waals surface area (Å²) in [5, 5.41) is 2.35. The zero-order chi connectivity index (χ0) is 19.2. The molecule has 0 fully saturated rings. The van der Waals surface area contributed by atoms with Crippen LogP contribution in [0.4, 0.5) is 0 Å². The van der Waals surface area contributed by atoms with Crippen LogP contribution in [0.3, 0.4) is 0 Å². The normalized spacial score (nSPS) is 11.5. The molecule has 0 saturated carbocycles. The Bertz CT molecular complexity index is 982. The largest absolute Gasteiger partial charge is 0.385 e. The highest BCUT2D eigenvalue weighted by atomic mass is 16.5. The van der Waals surface area contributed by atoms with E-state index in [1.54, 1.807) is 7.11 Å². The average Bonchev–Trinajstić information content (AvgIpc) is 2.74. The highest BCUT2D eigenvalue weighted by molar-refractivity contribution is 5.79. The van der Waals surface area contributed by atoms with Gasteiger partial charge in [0, 0.05) is 44.1 Å². The number of hydrogen-bond donors (Lipinski definition) is 0. The van der Waals surface area contributed by atoms with Crippen LogP contribution in [0.15, 0.2) is 72.8 Å². The van der Waals surface area contributed by atoms with Crippen molar-refractivity contribution >= 4 is 21.8 Å². The first-order valence-electron chi connectivity index (χ1n) is 9.72. The fourth-order valence-corrected chi connectivity index (χ4v) is 3.50. The molecule has 0 unspecified atom stereocenters. The van der Waals surface area contributed by atoms with Crippen LogP contribution in [0.5, 0.6) is 0 Å². The van der Waals surface area contributed by atoms with Crippen molar-refractivity contribution in [1.82, 2.24) is 14.9 Å². The molecule has 0 radical (unpaired) electrons. The summed E-state index contributed by atoms with van der Waals surface area (Å²) in [4.78, 5) is 12.1. The molecule has 0 aliphatic rings. The number of aromatic nitrogens is 2. The summed E-state index contributed by atoms with van der Waals surface area (Å²) in [5.41, 5.74) is 4.25. The molecule has 28 heavy (non-hydrogen) atoms. The smallest absolute Gasteiger partial charge is 0.0705 e. The van der Waals surface area contributed by atoms with Gasteiger partial charge in [-0.2, -0.15) is 0 Å². The maximum Gasteiger partial charge on any atom is 0.0705 e. The van der Waals surface area contributed by atoms with Crippen LogP contribution in [0.25, 0.3) is 21.8 Å². The lowest BCUT2D eigenvalue weighted by Gasteiger charge is -2.22. The van der Waals surface area contributed by atoms with Crippen molar-refractivity contribution in [2.45, 2.75) is 19.5 Å². The third-order valence-electron chi connectivity index (χ3n) is 4.91. The minimum Gasteiger partial charge on any atom is -0.385 e. The van der Waals surface area contributed by atoms with Crippen molar-refractivity contribution in [2.75, 3.05) is 20.3 Å². The van der Waals surface area contributed by atoms with E-state index in [1.807, 2.05) is 24.3 Å². The second-order valence-electron chi connectivity index (χ2n) is 7.05. The van der Waals surface area contributed by atoms with E-state index < -0.39 is 0 Å². The van der Waals surface area contributed by atoms with Crippen LogP contribution in [0.1, 0.15) is 17.8 Å². The average molecular weight is 371 g/mol. The predicted octanol–water partition coefficient (Wildman–Crippen LogP) is 4.82. The summed E-state index contributed by atoms with van der Waals surface area (Å²) in [6, 6.07) is 25.1. The zero-order valence-corrected chi connectivity index (χ0v) is 16.2. The third-order valence-corrected chi connectivity index (χ3v) is 4.91. The molecule has 2 aromatic carbocycles. The Morgan fingerprint density at radius 3 is 1.79 bits per heavy atom. The fourth-order valence-electron chi connectivity index (χ4n) is 3.50. The van der Waals surface area contributed by atoms with E-state index in [4.69, 9.17) is 14.7 Å². The highest BCUT2D eigenvalue weighted by Crippen LogP contribution is 2.16. The monoisotopic (exact) mass is 371 g/mol. The number of methoxy groups -OCH3 is 1. The minimum atomic E-state index is 0.757. The number of fused-ring (bicyclic) bond motifs is 2. The molecule has 0 aliphatic carbocycles. The number of nitrogens with zero attached hydrogens (tertiary/aromatic N) is 3. The van der Waals surface area contributed by atoms with E-state index in [-0.39, 0.29) is 0 Å². The lowest BCUT2D eigenvalue weighted by Crippen LogP contribution is -2.25. The number of rotatable bonds is 8. The van der Waals surface area contributed by atoms with Gasteiger partial charge >= 0.3 is 0 Å². The van der Waals surface area contributed by atoms with Gasteiger partial charge in [-0.15, -0.1) is 0 Å². The number of hydrogen-bond acceptors (Lipinski definition) is 4. The molecule has 0 spiro atoms. The van der Waals surface area contributed by atoms with Gasteiger partial charge in [0.25, 0.3) is 0 Å². The number of pyridine rings is 2. The Kier molecular flexibility index (Phi) is 5.90. The molecular weight excluding hydrogens is 346 g/mol. The van der Waals surface area contributed by atoms with Crippen molar-refractivity contribution in [2.24, 2.45) is 0 Å². The van der Waals surface area contributed by atoms with Gasteiger partial charge in [0.2, 0.25) is 0 Å². The van der Waals surface area contributed by atoms with E-state index in [0.29, 0.717) is 0 Å². The van der Waals surface area contributed by atoms with Crippen molar-refractivity contribution in [3.8, 4) is 0 Å².